The van der Waals surface area contributed by atoms with Gasteiger partial charge in [0.25, 0.3) is 0 Å². The Bertz CT molecular complexity index is 919. The van der Waals surface area contributed by atoms with Crippen LogP contribution in [0.1, 0.15) is 22.3 Å². The minimum absolute atomic E-state index is 0.260. The molecule has 0 amide bonds. The van der Waals surface area contributed by atoms with Gasteiger partial charge in [0.15, 0.2) is 0 Å². The zero-order valence-electron chi connectivity index (χ0n) is 17.9. The maximum absolute atomic E-state index is 13.0. The Hall–Kier alpha value is -2.60. The largest absolute Gasteiger partial charge is 0.497 e. The number of hydrogen-bond acceptors (Lipinski definition) is 3. The van der Waals surface area contributed by atoms with Crippen LogP contribution in [0.4, 0.5) is 14.5 Å². The van der Waals surface area contributed by atoms with Crippen LogP contribution in [0.2, 0.25) is 0 Å². The second-order valence-electron chi connectivity index (χ2n) is 7.37. The Kier molecular flexibility index (Phi) is 7.91. The highest BCUT2D eigenvalue weighted by atomic mass is 79.9. The summed E-state index contributed by atoms with van der Waals surface area (Å²) in [5.74, 6) is 1.61. The van der Waals surface area contributed by atoms with Crippen molar-refractivity contribution >= 4 is 21.6 Å². The SMILES string of the molecule is COc1ccc(CN(Cc2ccc(OC)cc2)c2cc(C)c(CC(F)F)c(Br)c2)cc1. The summed E-state index contributed by atoms with van der Waals surface area (Å²) in [5, 5.41) is 0. The maximum atomic E-state index is 13.0. The molecule has 3 nitrogen and oxygen atoms in total. The third kappa shape index (κ3) is 6.20. The number of aryl methyl sites for hydroxylation is 1. The first kappa shape index (κ1) is 23.1. The molecule has 0 heterocycles. The summed E-state index contributed by atoms with van der Waals surface area (Å²) in [6, 6.07) is 19.8. The Morgan fingerprint density at radius 3 is 1.71 bits per heavy atom. The van der Waals surface area contributed by atoms with E-state index >= 15 is 0 Å². The zero-order valence-corrected chi connectivity index (χ0v) is 19.5. The first-order valence-corrected chi connectivity index (χ1v) is 10.8. The monoisotopic (exact) mass is 489 g/mol. The van der Waals surface area contributed by atoms with E-state index in [0.717, 1.165) is 33.9 Å². The van der Waals surface area contributed by atoms with Crippen LogP contribution in [-0.2, 0) is 19.5 Å². The molecule has 6 heteroatoms. The summed E-state index contributed by atoms with van der Waals surface area (Å²) < 4.78 is 37.2. The molecule has 0 aliphatic heterocycles. The molecule has 3 aromatic rings. The highest BCUT2D eigenvalue weighted by Gasteiger charge is 2.16. The van der Waals surface area contributed by atoms with Crippen molar-refractivity contribution in [2.45, 2.75) is 32.9 Å². The normalized spacial score (nSPS) is 10.9. The quantitative estimate of drug-likeness (QED) is 0.330. The molecule has 0 fully saturated rings. The topological polar surface area (TPSA) is 21.7 Å². The Morgan fingerprint density at radius 1 is 0.839 bits per heavy atom. The first-order chi connectivity index (χ1) is 14.9. The van der Waals surface area contributed by atoms with Gasteiger partial charge in [0.1, 0.15) is 11.5 Å². The van der Waals surface area contributed by atoms with Gasteiger partial charge in [0, 0.05) is 29.7 Å². The van der Waals surface area contributed by atoms with E-state index in [4.69, 9.17) is 9.47 Å². The molecule has 0 saturated heterocycles. The van der Waals surface area contributed by atoms with E-state index < -0.39 is 6.43 Å². The number of hydrogen-bond donors (Lipinski definition) is 0. The molecule has 3 rings (SSSR count). The average Bonchev–Trinajstić information content (AvgIpc) is 2.76. The van der Waals surface area contributed by atoms with Crippen LogP contribution in [0.25, 0.3) is 0 Å². The molecule has 0 bridgehead atoms. The number of benzene rings is 3. The number of ether oxygens (including phenoxy) is 2. The van der Waals surface area contributed by atoms with Crippen LogP contribution in [-0.4, -0.2) is 20.6 Å². The third-order valence-electron chi connectivity index (χ3n) is 5.19. The van der Waals surface area contributed by atoms with Crippen molar-refractivity contribution in [2.24, 2.45) is 0 Å². The second-order valence-corrected chi connectivity index (χ2v) is 8.22. The van der Waals surface area contributed by atoms with E-state index in [-0.39, 0.29) is 6.42 Å². The number of nitrogens with zero attached hydrogens (tertiary/aromatic N) is 1. The standard InChI is InChI=1S/C25H26BrF2NO2/c1-17-12-20(13-24(26)23(17)14-25(27)28)29(15-18-4-8-21(30-2)9-5-18)16-19-6-10-22(31-3)11-7-19/h4-13,25H,14-16H2,1-3H3. The molecule has 0 radical (unpaired) electrons. The number of anilines is 1. The van der Waals surface area contributed by atoms with Gasteiger partial charge in [0.05, 0.1) is 14.2 Å². The van der Waals surface area contributed by atoms with Crippen LogP contribution in [0, 0.1) is 6.92 Å². The van der Waals surface area contributed by atoms with E-state index in [1.54, 1.807) is 14.2 Å². The van der Waals surface area contributed by atoms with E-state index in [9.17, 15) is 8.78 Å². The summed E-state index contributed by atoms with van der Waals surface area (Å²) in [6.45, 7) is 3.21. The fraction of sp³-hybridized carbons (Fsp3) is 0.280. The highest BCUT2D eigenvalue weighted by Crippen LogP contribution is 2.31. The van der Waals surface area contributed by atoms with Gasteiger partial charge in [-0.1, -0.05) is 40.2 Å². The maximum Gasteiger partial charge on any atom is 0.242 e. The summed E-state index contributed by atoms with van der Waals surface area (Å²) >= 11 is 3.51. The van der Waals surface area contributed by atoms with Crippen molar-refractivity contribution in [1.29, 1.82) is 0 Å². The van der Waals surface area contributed by atoms with Gasteiger partial charge in [-0.2, -0.15) is 0 Å². The van der Waals surface area contributed by atoms with Crippen LogP contribution in [0.5, 0.6) is 11.5 Å². The first-order valence-electron chi connectivity index (χ1n) is 9.97. The molecule has 3 aromatic carbocycles. The predicted octanol–water partition coefficient (Wildman–Crippen LogP) is 6.79. The molecule has 0 saturated carbocycles. The van der Waals surface area contributed by atoms with Crippen molar-refractivity contribution in [2.75, 3.05) is 19.1 Å². The van der Waals surface area contributed by atoms with Gasteiger partial charge in [-0.05, 0) is 65.6 Å². The highest BCUT2D eigenvalue weighted by molar-refractivity contribution is 9.10. The van der Waals surface area contributed by atoms with Gasteiger partial charge in [-0.25, -0.2) is 8.78 Å². The van der Waals surface area contributed by atoms with Gasteiger partial charge >= 0.3 is 0 Å². The predicted molar refractivity (Wildman–Crippen MR) is 124 cm³/mol. The molecule has 31 heavy (non-hydrogen) atoms. The molecule has 0 atom stereocenters. The average molecular weight is 490 g/mol. The van der Waals surface area contributed by atoms with Gasteiger partial charge in [-0.15, -0.1) is 0 Å². The lowest BCUT2D eigenvalue weighted by Crippen LogP contribution is -2.22. The minimum atomic E-state index is -2.38. The molecule has 164 valence electrons. The zero-order chi connectivity index (χ0) is 22.4. The smallest absolute Gasteiger partial charge is 0.242 e. The van der Waals surface area contributed by atoms with Crippen LogP contribution in [0.15, 0.2) is 65.1 Å². The van der Waals surface area contributed by atoms with E-state index in [1.165, 1.54) is 0 Å². The van der Waals surface area contributed by atoms with E-state index in [2.05, 4.69) is 20.8 Å². The van der Waals surface area contributed by atoms with E-state index in [1.807, 2.05) is 67.6 Å². The molecular formula is C25H26BrF2NO2. The number of methoxy groups -OCH3 is 2. The Balaban J connectivity index is 1.93. The molecule has 0 aliphatic carbocycles. The van der Waals surface area contributed by atoms with Crippen molar-refractivity contribution in [3.8, 4) is 11.5 Å². The number of halogens is 3. The number of rotatable bonds is 9. The minimum Gasteiger partial charge on any atom is -0.497 e. The molecule has 0 N–H and O–H groups in total. The van der Waals surface area contributed by atoms with Gasteiger partial charge in [-0.3, -0.25) is 0 Å². The summed E-state index contributed by atoms with van der Waals surface area (Å²) in [6.07, 6.45) is -2.64. The molecular weight excluding hydrogens is 464 g/mol. The van der Waals surface area contributed by atoms with Crippen LogP contribution in [0.3, 0.4) is 0 Å². The lowest BCUT2D eigenvalue weighted by Gasteiger charge is -2.27. The second kappa shape index (κ2) is 10.6. The van der Waals surface area contributed by atoms with Crippen molar-refractivity contribution in [1.82, 2.24) is 0 Å². The van der Waals surface area contributed by atoms with Crippen molar-refractivity contribution in [3.05, 3.63) is 87.4 Å². The fourth-order valence-corrected chi connectivity index (χ4v) is 4.20. The summed E-state index contributed by atoms with van der Waals surface area (Å²) in [5.41, 5.74) is 4.71. The molecule has 0 spiro atoms. The summed E-state index contributed by atoms with van der Waals surface area (Å²) in [7, 11) is 3.29. The van der Waals surface area contributed by atoms with Gasteiger partial charge in [0.2, 0.25) is 6.43 Å². The molecule has 0 aromatic heterocycles. The Morgan fingerprint density at radius 2 is 1.32 bits per heavy atom. The van der Waals surface area contributed by atoms with E-state index in [0.29, 0.717) is 23.1 Å². The van der Waals surface area contributed by atoms with Crippen LogP contribution < -0.4 is 14.4 Å². The molecule has 0 unspecified atom stereocenters. The fourth-order valence-electron chi connectivity index (χ4n) is 3.49. The lowest BCUT2D eigenvalue weighted by molar-refractivity contribution is 0.148. The lowest BCUT2D eigenvalue weighted by atomic mass is 10.0. The third-order valence-corrected chi connectivity index (χ3v) is 5.90. The van der Waals surface area contributed by atoms with Gasteiger partial charge < -0.3 is 14.4 Å². The van der Waals surface area contributed by atoms with Crippen molar-refractivity contribution < 1.29 is 18.3 Å². The van der Waals surface area contributed by atoms with Crippen LogP contribution >= 0.6 is 15.9 Å². The van der Waals surface area contributed by atoms with Crippen molar-refractivity contribution in [3.63, 3.8) is 0 Å². The number of alkyl halides is 2. The Labute approximate surface area is 190 Å². The summed E-state index contributed by atoms with van der Waals surface area (Å²) in [4.78, 5) is 2.23. The molecule has 0 aliphatic rings.